The molecule has 5 nitrogen and oxygen atoms in total. The zero-order valence-electron chi connectivity index (χ0n) is 17.5. The van der Waals surface area contributed by atoms with E-state index in [0.717, 1.165) is 31.4 Å². The van der Waals surface area contributed by atoms with Gasteiger partial charge < -0.3 is 15.3 Å². The topological polar surface area (TPSA) is 69.6 Å². The number of anilines is 1. The summed E-state index contributed by atoms with van der Waals surface area (Å²) >= 11 is 0. The maximum Gasteiger partial charge on any atom is 0.258 e. The SMILES string of the molecule is O=C(NCCCCCCN(C(=O)c1ccccc1)c1ccc(O)cc1)c1ccccc1. The second kappa shape index (κ2) is 11.6. The molecule has 3 rings (SSSR count). The smallest absolute Gasteiger partial charge is 0.258 e. The number of phenols is 1. The third-order valence-electron chi connectivity index (χ3n) is 5.06. The Morgan fingerprint density at radius 2 is 1.29 bits per heavy atom. The van der Waals surface area contributed by atoms with Crippen LogP contribution in [0.25, 0.3) is 0 Å². The molecule has 3 aromatic carbocycles. The van der Waals surface area contributed by atoms with E-state index < -0.39 is 0 Å². The Morgan fingerprint density at radius 3 is 1.94 bits per heavy atom. The second-order valence-corrected chi connectivity index (χ2v) is 7.38. The van der Waals surface area contributed by atoms with Crippen molar-refractivity contribution < 1.29 is 14.7 Å². The van der Waals surface area contributed by atoms with Crippen LogP contribution in [0.2, 0.25) is 0 Å². The molecule has 2 N–H and O–H groups in total. The highest BCUT2D eigenvalue weighted by Gasteiger charge is 2.17. The van der Waals surface area contributed by atoms with Crippen molar-refractivity contribution in [3.63, 3.8) is 0 Å². The van der Waals surface area contributed by atoms with Crippen LogP contribution in [0.5, 0.6) is 5.75 Å². The molecule has 0 spiro atoms. The van der Waals surface area contributed by atoms with Crippen LogP contribution in [0.1, 0.15) is 46.4 Å². The van der Waals surface area contributed by atoms with Gasteiger partial charge in [-0.3, -0.25) is 9.59 Å². The molecule has 3 aromatic rings. The van der Waals surface area contributed by atoms with Gasteiger partial charge in [0, 0.05) is 29.9 Å². The highest BCUT2D eigenvalue weighted by Crippen LogP contribution is 2.21. The monoisotopic (exact) mass is 416 g/mol. The van der Waals surface area contributed by atoms with E-state index >= 15 is 0 Å². The molecule has 0 fully saturated rings. The van der Waals surface area contributed by atoms with Crippen molar-refractivity contribution in [3.8, 4) is 5.75 Å². The summed E-state index contributed by atoms with van der Waals surface area (Å²) in [6, 6.07) is 25.1. The molecule has 31 heavy (non-hydrogen) atoms. The minimum atomic E-state index is -0.0542. The number of nitrogens with zero attached hydrogens (tertiary/aromatic N) is 1. The van der Waals surface area contributed by atoms with Gasteiger partial charge in [-0.1, -0.05) is 49.2 Å². The summed E-state index contributed by atoms with van der Waals surface area (Å²) in [6.07, 6.45) is 3.67. The van der Waals surface area contributed by atoms with Crippen molar-refractivity contribution in [1.29, 1.82) is 0 Å². The third-order valence-corrected chi connectivity index (χ3v) is 5.06. The zero-order valence-corrected chi connectivity index (χ0v) is 17.5. The van der Waals surface area contributed by atoms with Crippen LogP contribution in [0.15, 0.2) is 84.9 Å². The van der Waals surface area contributed by atoms with E-state index in [2.05, 4.69) is 5.32 Å². The molecule has 0 aliphatic carbocycles. The molecule has 0 saturated carbocycles. The Kier molecular flexibility index (Phi) is 8.23. The van der Waals surface area contributed by atoms with Crippen LogP contribution < -0.4 is 10.2 Å². The average Bonchev–Trinajstić information content (AvgIpc) is 2.82. The van der Waals surface area contributed by atoms with Gasteiger partial charge in [-0.2, -0.15) is 0 Å². The fourth-order valence-electron chi connectivity index (χ4n) is 3.36. The molecule has 0 heterocycles. The summed E-state index contributed by atoms with van der Waals surface area (Å²) in [6.45, 7) is 1.23. The number of amides is 2. The standard InChI is InChI=1S/C26H28N2O3/c29-24-17-15-23(16-18-24)28(26(31)22-13-7-4-8-14-22)20-10-2-1-9-19-27-25(30)21-11-5-3-6-12-21/h3-8,11-18,29H,1-2,9-10,19-20H2,(H,27,30). The van der Waals surface area contributed by atoms with E-state index in [-0.39, 0.29) is 17.6 Å². The first kappa shape index (κ1) is 22.1. The van der Waals surface area contributed by atoms with Gasteiger partial charge in [0.05, 0.1) is 0 Å². The maximum atomic E-state index is 13.0. The Hall–Kier alpha value is -3.60. The fourth-order valence-corrected chi connectivity index (χ4v) is 3.36. The van der Waals surface area contributed by atoms with Crippen LogP contribution in [0.3, 0.4) is 0 Å². The van der Waals surface area contributed by atoms with Crippen LogP contribution in [0.4, 0.5) is 5.69 Å². The summed E-state index contributed by atoms with van der Waals surface area (Å²) in [5, 5.41) is 12.5. The molecule has 0 atom stereocenters. The molecular weight excluding hydrogens is 388 g/mol. The molecule has 2 amide bonds. The Bertz CT molecular complexity index is 957. The van der Waals surface area contributed by atoms with Crippen molar-refractivity contribution in [2.45, 2.75) is 25.7 Å². The largest absolute Gasteiger partial charge is 0.508 e. The number of nitrogens with one attached hydrogen (secondary N) is 1. The third kappa shape index (κ3) is 6.71. The molecule has 0 aromatic heterocycles. The lowest BCUT2D eigenvalue weighted by molar-refractivity contribution is 0.0950. The molecule has 5 heteroatoms. The van der Waals surface area contributed by atoms with Crippen LogP contribution in [-0.4, -0.2) is 30.0 Å². The Labute approximate surface area is 183 Å². The fraction of sp³-hybridized carbons (Fsp3) is 0.231. The number of unbranched alkanes of at least 4 members (excludes halogenated alkanes) is 3. The lowest BCUT2D eigenvalue weighted by atomic mass is 10.1. The number of rotatable bonds is 10. The van der Waals surface area contributed by atoms with E-state index in [1.54, 1.807) is 41.3 Å². The lowest BCUT2D eigenvalue weighted by Gasteiger charge is -2.23. The van der Waals surface area contributed by atoms with E-state index in [1.165, 1.54) is 0 Å². The summed E-state index contributed by atoms with van der Waals surface area (Å²) < 4.78 is 0. The number of phenolic OH excluding ortho intramolecular Hbond substituents is 1. The molecule has 0 saturated heterocycles. The summed E-state index contributed by atoms with van der Waals surface area (Å²) in [5.74, 6) is 0.0717. The van der Waals surface area contributed by atoms with Gasteiger partial charge in [-0.15, -0.1) is 0 Å². The van der Waals surface area contributed by atoms with Crippen LogP contribution >= 0.6 is 0 Å². The first-order valence-corrected chi connectivity index (χ1v) is 10.6. The van der Waals surface area contributed by atoms with Crippen LogP contribution in [-0.2, 0) is 0 Å². The first-order chi connectivity index (χ1) is 15.1. The predicted octanol–water partition coefficient (Wildman–Crippen LogP) is 5.03. The summed E-state index contributed by atoms with van der Waals surface area (Å²) in [4.78, 5) is 26.8. The van der Waals surface area contributed by atoms with Gasteiger partial charge in [0.25, 0.3) is 11.8 Å². The van der Waals surface area contributed by atoms with Crippen molar-refractivity contribution >= 4 is 17.5 Å². The van der Waals surface area contributed by atoms with E-state index in [9.17, 15) is 14.7 Å². The highest BCUT2D eigenvalue weighted by atomic mass is 16.3. The number of hydrogen-bond donors (Lipinski definition) is 2. The zero-order chi connectivity index (χ0) is 21.9. The lowest BCUT2D eigenvalue weighted by Crippen LogP contribution is -2.32. The van der Waals surface area contributed by atoms with Gasteiger partial charge in [-0.25, -0.2) is 0 Å². The van der Waals surface area contributed by atoms with Crippen molar-refractivity contribution in [3.05, 3.63) is 96.1 Å². The Morgan fingerprint density at radius 1 is 0.710 bits per heavy atom. The quantitative estimate of drug-likeness (QED) is 0.456. The second-order valence-electron chi connectivity index (χ2n) is 7.38. The molecule has 0 unspecified atom stereocenters. The first-order valence-electron chi connectivity index (χ1n) is 10.6. The van der Waals surface area contributed by atoms with Gasteiger partial charge in [0.2, 0.25) is 0 Å². The Balaban J connectivity index is 1.46. The number of benzene rings is 3. The van der Waals surface area contributed by atoms with Crippen LogP contribution in [0, 0.1) is 0 Å². The number of hydrogen-bond acceptors (Lipinski definition) is 3. The van der Waals surface area contributed by atoms with E-state index in [0.29, 0.717) is 24.2 Å². The summed E-state index contributed by atoms with van der Waals surface area (Å²) in [7, 11) is 0. The number of aromatic hydroxyl groups is 1. The van der Waals surface area contributed by atoms with Crippen molar-refractivity contribution in [2.75, 3.05) is 18.0 Å². The van der Waals surface area contributed by atoms with Gasteiger partial charge >= 0.3 is 0 Å². The molecule has 0 bridgehead atoms. The highest BCUT2D eigenvalue weighted by molar-refractivity contribution is 6.06. The van der Waals surface area contributed by atoms with Crippen molar-refractivity contribution in [2.24, 2.45) is 0 Å². The normalized spacial score (nSPS) is 10.5. The molecular formula is C26H28N2O3. The number of carbonyl (C=O) groups is 2. The maximum absolute atomic E-state index is 13.0. The molecule has 0 aliphatic heterocycles. The van der Waals surface area contributed by atoms with E-state index in [4.69, 9.17) is 0 Å². The van der Waals surface area contributed by atoms with Crippen molar-refractivity contribution in [1.82, 2.24) is 5.32 Å². The van der Waals surface area contributed by atoms with Gasteiger partial charge in [0.15, 0.2) is 0 Å². The number of carbonyl (C=O) groups excluding carboxylic acids is 2. The summed E-state index contributed by atoms with van der Waals surface area (Å²) in [5.41, 5.74) is 2.08. The average molecular weight is 417 g/mol. The van der Waals surface area contributed by atoms with E-state index in [1.807, 2.05) is 48.5 Å². The van der Waals surface area contributed by atoms with Gasteiger partial charge in [-0.05, 0) is 61.4 Å². The predicted molar refractivity (Wildman–Crippen MR) is 123 cm³/mol. The molecule has 0 radical (unpaired) electrons. The molecule has 160 valence electrons. The minimum absolute atomic E-state index is 0.0486. The molecule has 0 aliphatic rings. The van der Waals surface area contributed by atoms with Gasteiger partial charge in [0.1, 0.15) is 5.75 Å². The minimum Gasteiger partial charge on any atom is -0.508 e.